The van der Waals surface area contributed by atoms with E-state index in [1.54, 1.807) is 30.3 Å². The van der Waals surface area contributed by atoms with Crippen LogP contribution in [0.5, 0.6) is 0 Å². The number of amides is 1. The summed E-state index contributed by atoms with van der Waals surface area (Å²) in [5, 5.41) is 17.7. The van der Waals surface area contributed by atoms with E-state index < -0.39 is 0 Å². The van der Waals surface area contributed by atoms with Crippen molar-refractivity contribution >= 4 is 40.3 Å². The maximum absolute atomic E-state index is 11.3. The van der Waals surface area contributed by atoms with E-state index in [2.05, 4.69) is 16.0 Å². The monoisotopic (exact) mass is 310 g/mol. The molecule has 3 N–H and O–H groups in total. The molecule has 6 heteroatoms. The Labute approximate surface area is 134 Å². The van der Waals surface area contributed by atoms with Crippen molar-refractivity contribution in [3.05, 3.63) is 54.6 Å². The predicted octanol–water partition coefficient (Wildman–Crippen LogP) is 3.35. The molecule has 0 heterocycles. The highest BCUT2D eigenvalue weighted by Gasteiger charge is 2.02. The Morgan fingerprint density at radius 1 is 0.909 bits per heavy atom. The molecule has 2 aromatic carbocycles. The molecule has 0 fully saturated rings. The van der Waals surface area contributed by atoms with Gasteiger partial charge in [-0.25, -0.2) is 0 Å². The van der Waals surface area contributed by atoms with E-state index in [1.807, 2.05) is 30.3 Å². The number of anilines is 3. The Hall–Kier alpha value is -2.91. The van der Waals surface area contributed by atoms with Crippen LogP contribution in [0.15, 0.2) is 54.6 Å². The molecule has 110 valence electrons. The molecule has 22 heavy (non-hydrogen) atoms. The van der Waals surface area contributed by atoms with Crippen molar-refractivity contribution < 1.29 is 4.79 Å². The van der Waals surface area contributed by atoms with Gasteiger partial charge in [0, 0.05) is 17.1 Å². The first-order valence-corrected chi connectivity index (χ1v) is 6.98. The van der Waals surface area contributed by atoms with Crippen molar-refractivity contribution in [3.63, 3.8) is 0 Å². The van der Waals surface area contributed by atoms with Gasteiger partial charge in [0.05, 0.1) is 6.07 Å². The number of nitriles is 1. The van der Waals surface area contributed by atoms with E-state index in [0.29, 0.717) is 10.8 Å². The van der Waals surface area contributed by atoms with Gasteiger partial charge in [0.1, 0.15) is 6.42 Å². The van der Waals surface area contributed by atoms with E-state index in [4.69, 9.17) is 17.5 Å². The van der Waals surface area contributed by atoms with E-state index in [1.165, 1.54) is 0 Å². The van der Waals surface area contributed by atoms with E-state index in [-0.39, 0.29) is 12.3 Å². The number of benzene rings is 2. The van der Waals surface area contributed by atoms with Crippen LogP contribution in [0.4, 0.5) is 17.1 Å². The topological polar surface area (TPSA) is 77.0 Å². The molecule has 0 aromatic heterocycles. The van der Waals surface area contributed by atoms with Crippen LogP contribution in [-0.4, -0.2) is 11.0 Å². The van der Waals surface area contributed by atoms with Crippen LogP contribution in [0.3, 0.4) is 0 Å². The average Bonchev–Trinajstić information content (AvgIpc) is 2.50. The summed E-state index contributed by atoms with van der Waals surface area (Å²) in [6, 6.07) is 18.5. The van der Waals surface area contributed by atoms with Gasteiger partial charge in [-0.2, -0.15) is 5.26 Å². The summed E-state index contributed by atoms with van der Waals surface area (Å²) in [5.41, 5.74) is 2.33. The Morgan fingerprint density at radius 3 is 1.95 bits per heavy atom. The van der Waals surface area contributed by atoms with E-state index >= 15 is 0 Å². The quantitative estimate of drug-likeness (QED) is 0.755. The highest BCUT2D eigenvalue weighted by molar-refractivity contribution is 7.80. The zero-order valence-corrected chi connectivity index (χ0v) is 12.5. The Balaban J connectivity index is 1.89. The second kappa shape index (κ2) is 7.76. The van der Waals surface area contributed by atoms with Gasteiger partial charge in [-0.1, -0.05) is 18.2 Å². The van der Waals surface area contributed by atoms with Crippen molar-refractivity contribution in [1.82, 2.24) is 0 Å². The smallest absolute Gasteiger partial charge is 0.238 e. The number of nitrogens with zero attached hydrogens (tertiary/aromatic N) is 1. The average molecular weight is 310 g/mol. The SMILES string of the molecule is N#CCC(=O)Nc1ccc(NC(=S)Nc2ccccc2)cc1. The summed E-state index contributed by atoms with van der Waals surface area (Å²) < 4.78 is 0. The zero-order valence-electron chi connectivity index (χ0n) is 11.7. The molecule has 0 radical (unpaired) electrons. The molecule has 1 amide bonds. The van der Waals surface area contributed by atoms with Crippen molar-refractivity contribution in [2.45, 2.75) is 6.42 Å². The normalized spacial score (nSPS) is 9.41. The standard InChI is InChI=1S/C16H14N4OS/c17-11-10-15(21)18-13-6-8-14(9-7-13)20-16(22)19-12-4-2-1-3-5-12/h1-9H,10H2,(H,18,21)(H2,19,20,22). The van der Waals surface area contributed by atoms with Crippen LogP contribution in [-0.2, 0) is 4.79 Å². The lowest BCUT2D eigenvalue weighted by atomic mass is 10.2. The van der Waals surface area contributed by atoms with Crippen molar-refractivity contribution in [2.75, 3.05) is 16.0 Å². The highest BCUT2D eigenvalue weighted by atomic mass is 32.1. The van der Waals surface area contributed by atoms with E-state index in [0.717, 1.165) is 11.4 Å². The minimum absolute atomic E-state index is 0.162. The minimum Gasteiger partial charge on any atom is -0.332 e. The molecule has 2 rings (SSSR count). The Morgan fingerprint density at radius 2 is 1.41 bits per heavy atom. The van der Waals surface area contributed by atoms with Gasteiger partial charge in [0.2, 0.25) is 5.91 Å². The number of hydrogen-bond acceptors (Lipinski definition) is 3. The van der Waals surface area contributed by atoms with Crippen LogP contribution in [0.2, 0.25) is 0 Å². The molecule has 0 aliphatic rings. The molecule has 0 atom stereocenters. The maximum atomic E-state index is 11.3. The second-order valence-electron chi connectivity index (χ2n) is 4.41. The van der Waals surface area contributed by atoms with Crippen LogP contribution in [0, 0.1) is 11.3 Å². The van der Waals surface area contributed by atoms with Gasteiger partial charge in [-0.15, -0.1) is 0 Å². The molecular formula is C16H14N4OS. The van der Waals surface area contributed by atoms with Gasteiger partial charge in [-0.05, 0) is 48.6 Å². The third-order valence-corrected chi connectivity index (χ3v) is 2.90. The fraction of sp³-hybridized carbons (Fsp3) is 0.0625. The van der Waals surface area contributed by atoms with Crippen LogP contribution < -0.4 is 16.0 Å². The number of hydrogen-bond donors (Lipinski definition) is 3. The lowest BCUT2D eigenvalue weighted by molar-refractivity contribution is -0.115. The largest absolute Gasteiger partial charge is 0.332 e. The fourth-order valence-corrected chi connectivity index (χ4v) is 1.96. The molecule has 0 saturated heterocycles. The number of carbonyl (C=O) groups is 1. The molecule has 2 aromatic rings. The Kier molecular flexibility index (Phi) is 5.46. The predicted molar refractivity (Wildman–Crippen MR) is 91.6 cm³/mol. The van der Waals surface area contributed by atoms with Gasteiger partial charge in [0.25, 0.3) is 0 Å². The molecule has 0 unspecified atom stereocenters. The lowest BCUT2D eigenvalue weighted by Crippen LogP contribution is -2.19. The fourth-order valence-electron chi connectivity index (χ4n) is 1.73. The number of para-hydroxylation sites is 1. The molecule has 0 saturated carbocycles. The molecule has 0 spiro atoms. The third-order valence-electron chi connectivity index (χ3n) is 2.70. The summed E-state index contributed by atoms with van der Waals surface area (Å²) in [4.78, 5) is 11.3. The summed E-state index contributed by atoms with van der Waals surface area (Å²) >= 11 is 5.23. The van der Waals surface area contributed by atoms with Crippen molar-refractivity contribution in [2.24, 2.45) is 0 Å². The van der Waals surface area contributed by atoms with Crippen LogP contribution in [0.25, 0.3) is 0 Å². The van der Waals surface area contributed by atoms with Gasteiger partial charge in [0.15, 0.2) is 5.11 Å². The van der Waals surface area contributed by atoms with Crippen molar-refractivity contribution in [3.8, 4) is 6.07 Å². The van der Waals surface area contributed by atoms with Crippen LogP contribution in [0.1, 0.15) is 6.42 Å². The van der Waals surface area contributed by atoms with Gasteiger partial charge < -0.3 is 16.0 Å². The molecule has 5 nitrogen and oxygen atoms in total. The van der Waals surface area contributed by atoms with Crippen LogP contribution >= 0.6 is 12.2 Å². The molecular weight excluding hydrogens is 296 g/mol. The molecule has 0 bridgehead atoms. The minimum atomic E-state index is -0.329. The first-order valence-electron chi connectivity index (χ1n) is 6.57. The van der Waals surface area contributed by atoms with E-state index in [9.17, 15) is 4.79 Å². The number of rotatable bonds is 4. The van der Waals surface area contributed by atoms with Gasteiger partial charge in [-0.3, -0.25) is 4.79 Å². The number of carbonyl (C=O) groups excluding carboxylic acids is 1. The third kappa shape index (κ3) is 4.89. The summed E-state index contributed by atoms with van der Waals surface area (Å²) in [6.45, 7) is 0. The zero-order chi connectivity index (χ0) is 15.8. The number of thiocarbonyl (C=S) groups is 1. The summed E-state index contributed by atoms with van der Waals surface area (Å²) in [7, 11) is 0. The first kappa shape index (κ1) is 15.5. The number of nitrogens with one attached hydrogen (secondary N) is 3. The Bertz CT molecular complexity index is 692. The van der Waals surface area contributed by atoms with Crippen molar-refractivity contribution in [1.29, 1.82) is 5.26 Å². The maximum Gasteiger partial charge on any atom is 0.238 e. The lowest BCUT2D eigenvalue weighted by Gasteiger charge is -2.11. The molecule has 0 aliphatic heterocycles. The summed E-state index contributed by atoms with van der Waals surface area (Å²) in [6.07, 6.45) is -0.162. The van der Waals surface area contributed by atoms with Gasteiger partial charge >= 0.3 is 0 Å². The summed E-state index contributed by atoms with van der Waals surface area (Å²) in [5.74, 6) is -0.329. The molecule has 0 aliphatic carbocycles. The first-order chi connectivity index (χ1) is 10.7. The second-order valence-corrected chi connectivity index (χ2v) is 4.81. The highest BCUT2D eigenvalue weighted by Crippen LogP contribution is 2.14.